The number of rotatable bonds is 5. The van der Waals surface area contributed by atoms with Crippen molar-refractivity contribution in [2.24, 2.45) is 0 Å². The Labute approximate surface area is 154 Å². The minimum Gasteiger partial charge on any atom is -0.497 e. The van der Waals surface area contributed by atoms with Crippen molar-refractivity contribution in [3.63, 3.8) is 0 Å². The molecule has 2 aromatic carbocycles. The van der Waals surface area contributed by atoms with Crippen molar-refractivity contribution in [3.05, 3.63) is 64.0 Å². The van der Waals surface area contributed by atoms with E-state index in [4.69, 9.17) is 13.9 Å². The second-order valence-corrected chi connectivity index (χ2v) is 5.85. The van der Waals surface area contributed by atoms with Gasteiger partial charge in [0.05, 0.1) is 25.8 Å². The van der Waals surface area contributed by atoms with E-state index in [1.165, 1.54) is 32.6 Å². The van der Waals surface area contributed by atoms with E-state index >= 15 is 0 Å². The fraction of sp³-hybridized carbons (Fsp3) is 0.158. The molecule has 138 valence electrons. The monoisotopic (exact) mass is 372 g/mol. The first kappa shape index (κ1) is 18.6. The highest BCUT2D eigenvalue weighted by Gasteiger charge is 2.36. The molecule has 1 heterocycles. The zero-order valence-electron chi connectivity index (χ0n) is 15.0. The predicted octanol–water partition coefficient (Wildman–Crippen LogP) is 3.81. The third kappa shape index (κ3) is 3.84. The van der Waals surface area contributed by atoms with E-state index in [2.05, 4.69) is 0 Å². The number of fused-ring (bicyclic) bond motifs is 1. The third-order valence-electron chi connectivity index (χ3n) is 4.16. The maximum Gasteiger partial charge on any atom is 0.934 e. The number of halogens is 2. The van der Waals surface area contributed by atoms with Gasteiger partial charge in [0, 0.05) is 23.6 Å². The van der Waals surface area contributed by atoms with Crippen LogP contribution in [0.4, 0.5) is 14.3 Å². The maximum atomic E-state index is 13.7. The number of benzene rings is 2. The van der Waals surface area contributed by atoms with Gasteiger partial charge in [0.1, 0.15) is 17.1 Å². The summed E-state index contributed by atoms with van der Waals surface area (Å²) in [4.78, 5) is 11.6. The van der Waals surface area contributed by atoms with E-state index in [1.54, 1.807) is 37.3 Å². The standard InChI is InChI=1S/C19H17BF2NO4/c1-12-8-19(24)27-18-9-14(5-7-16(12)18)23(20(21)22)11-13-4-6-15(25-2)10-17(13)26-3/h4-11H,1-3H3/q+1/b23-11-. The van der Waals surface area contributed by atoms with Crippen LogP contribution in [0.1, 0.15) is 11.1 Å². The summed E-state index contributed by atoms with van der Waals surface area (Å²) >= 11 is 0. The Morgan fingerprint density at radius 3 is 2.52 bits per heavy atom. The van der Waals surface area contributed by atoms with Crippen LogP contribution in [0.5, 0.6) is 11.5 Å². The van der Waals surface area contributed by atoms with E-state index in [0.717, 1.165) is 10.0 Å². The molecule has 0 atom stereocenters. The number of nitrogens with zero attached hydrogens (tertiary/aromatic N) is 1. The molecule has 0 spiro atoms. The Kier molecular flexibility index (Phi) is 5.25. The van der Waals surface area contributed by atoms with Crippen molar-refractivity contribution in [2.45, 2.75) is 6.92 Å². The molecular formula is C19H17BF2NO4+. The maximum absolute atomic E-state index is 13.7. The van der Waals surface area contributed by atoms with E-state index in [-0.39, 0.29) is 11.3 Å². The molecule has 0 bridgehead atoms. The average molecular weight is 372 g/mol. The lowest BCUT2D eigenvalue weighted by molar-refractivity contribution is -0.305. The van der Waals surface area contributed by atoms with Gasteiger partial charge in [0.15, 0.2) is 11.9 Å². The van der Waals surface area contributed by atoms with Crippen LogP contribution in [0.2, 0.25) is 0 Å². The highest BCUT2D eigenvalue weighted by Crippen LogP contribution is 2.26. The number of hydrogen-bond donors (Lipinski definition) is 0. The molecule has 3 aromatic rings. The molecule has 0 aliphatic carbocycles. The fourth-order valence-electron chi connectivity index (χ4n) is 2.79. The lowest BCUT2D eigenvalue weighted by Crippen LogP contribution is -2.19. The summed E-state index contributed by atoms with van der Waals surface area (Å²) in [7, 11) is 0.145. The molecule has 5 nitrogen and oxygen atoms in total. The summed E-state index contributed by atoms with van der Waals surface area (Å²) in [6.07, 6.45) is 1.28. The smallest absolute Gasteiger partial charge is 0.497 e. The van der Waals surface area contributed by atoms with Gasteiger partial charge in [-0.3, -0.25) is 0 Å². The molecule has 3 rings (SSSR count). The number of aryl methyl sites for hydroxylation is 1. The summed E-state index contributed by atoms with van der Waals surface area (Å²) in [5, 5.41) is 0.689. The molecule has 0 unspecified atom stereocenters. The van der Waals surface area contributed by atoms with Crippen LogP contribution in [-0.2, 0) is 0 Å². The zero-order valence-corrected chi connectivity index (χ0v) is 15.0. The van der Waals surface area contributed by atoms with Gasteiger partial charge < -0.3 is 13.9 Å². The lowest BCUT2D eigenvalue weighted by Gasteiger charge is -2.07. The molecule has 1 aromatic heterocycles. The van der Waals surface area contributed by atoms with Gasteiger partial charge in [0.25, 0.3) is 0 Å². The summed E-state index contributed by atoms with van der Waals surface area (Å²) in [6.45, 7) is 1.76. The van der Waals surface area contributed by atoms with Crippen LogP contribution < -0.4 is 15.1 Å². The van der Waals surface area contributed by atoms with E-state index in [0.29, 0.717) is 22.4 Å². The van der Waals surface area contributed by atoms with Gasteiger partial charge in [0.2, 0.25) is 0 Å². The average Bonchev–Trinajstić information content (AvgIpc) is 2.65. The van der Waals surface area contributed by atoms with Crippen LogP contribution in [0, 0.1) is 6.92 Å². The number of methoxy groups -OCH3 is 2. The Morgan fingerprint density at radius 1 is 1.07 bits per heavy atom. The lowest BCUT2D eigenvalue weighted by atomic mass is 10.1. The van der Waals surface area contributed by atoms with Crippen LogP contribution >= 0.6 is 0 Å². The number of hydrogen-bond acceptors (Lipinski definition) is 4. The quantitative estimate of drug-likeness (QED) is 0.388. The van der Waals surface area contributed by atoms with Crippen molar-refractivity contribution in [2.75, 3.05) is 14.2 Å². The topological polar surface area (TPSA) is 51.7 Å². The van der Waals surface area contributed by atoms with Crippen LogP contribution in [0.25, 0.3) is 11.0 Å². The van der Waals surface area contributed by atoms with Crippen LogP contribution in [0.15, 0.2) is 51.7 Å². The summed E-state index contributed by atoms with van der Waals surface area (Å²) in [6, 6.07) is 10.9. The molecule has 0 saturated carbocycles. The molecule has 8 heteroatoms. The Balaban J connectivity index is 2.15. The minimum atomic E-state index is -2.81. The van der Waals surface area contributed by atoms with Crippen molar-refractivity contribution < 1.29 is 27.0 Å². The fourth-order valence-corrected chi connectivity index (χ4v) is 2.79. The van der Waals surface area contributed by atoms with Crippen molar-refractivity contribution in [3.8, 4) is 11.5 Å². The molecule has 0 fully saturated rings. The van der Waals surface area contributed by atoms with Gasteiger partial charge in [-0.2, -0.15) is 0 Å². The van der Waals surface area contributed by atoms with Gasteiger partial charge in [-0.05, 0) is 30.7 Å². The SMILES string of the molecule is COc1ccc(/C=[N+](\B(F)F)c2ccc3c(C)cc(=O)oc3c2)c(OC)c1. The summed E-state index contributed by atoms with van der Waals surface area (Å²) in [5.41, 5.74) is 1.07. The predicted molar refractivity (Wildman–Crippen MR) is 99.8 cm³/mol. The molecule has 0 amide bonds. The highest BCUT2D eigenvalue weighted by molar-refractivity contribution is 6.34. The Morgan fingerprint density at radius 2 is 1.85 bits per heavy atom. The zero-order chi connectivity index (χ0) is 19.6. The molecular weight excluding hydrogens is 355 g/mol. The largest absolute Gasteiger partial charge is 0.934 e. The van der Waals surface area contributed by atoms with Crippen LogP contribution in [-0.4, -0.2) is 32.3 Å². The van der Waals surface area contributed by atoms with Crippen molar-refractivity contribution in [1.29, 1.82) is 0 Å². The summed E-state index contributed by atoms with van der Waals surface area (Å²) in [5.74, 6) is 0.943. The Bertz CT molecular complexity index is 1080. The minimum absolute atomic E-state index is 0.184. The Hall–Kier alpha value is -3.16. The molecule has 0 N–H and O–H groups in total. The van der Waals surface area contributed by atoms with Gasteiger partial charge in [-0.15, -0.1) is 0 Å². The van der Waals surface area contributed by atoms with E-state index in [9.17, 15) is 13.4 Å². The van der Waals surface area contributed by atoms with Crippen LogP contribution in [0.3, 0.4) is 0 Å². The highest BCUT2D eigenvalue weighted by atomic mass is 19.2. The van der Waals surface area contributed by atoms with Gasteiger partial charge in [-0.25, -0.2) is 17.9 Å². The first-order chi connectivity index (χ1) is 12.9. The van der Waals surface area contributed by atoms with E-state index < -0.39 is 13.0 Å². The van der Waals surface area contributed by atoms with Crippen molar-refractivity contribution in [1.82, 2.24) is 0 Å². The number of ether oxygens (including phenoxy) is 2. The van der Waals surface area contributed by atoms with Gasteiger partial charge >= 0.3 is 13.0 Å². The van der Waals surface area contributed by atoms with E-state index in [1.807, 2.05) is 0 Å². The summed E-state index contributed by atoms with van der Waals surface area (Å²) < 4.78 is 43.8. The third-order valence-corrected chi connectivity index (χ3v) is 4.16. The molecule has 27 heavy (non-hydrogen) atoms. The van der Waals surface area contributed by atoms with Crippen molar-refractivity contribution >= 4 is 30.3 Å². The normalized spacial score (nSPS) is 11.5. The molecule has 0 aliphatic heterocycles. The molecule has 0 aliphatic rings. The first-order valence-electron chi connectivity index (χ1n) is 8.11. The second kappa shape index (κ2) is 7.61. The molecule has 0 saturated heterocycles. The first-order valence-corrected chi connectivity index (χ1v) is 8.11. The molecule has 0 radical (unpaired) electrons. The van der Waals surface area contributed by atoms with Gasteiger partial charge in [-0.1, -0.05) is 0 Å². The second-order valence-electron chi connectivity index (χ2n) is 5.85.